The van der Waals surface area contributed by atoms with Crippen molar-refractivity contribution in [2.75, 3.05) is 6.61 Å². The van der Waals surface area contributed by atoms with Crippen molar-refractivity contribution in [2.24, 2.45) is 16.0 Å². The van der Waals surface area contributed by atoms with Crippen LogP contribution in [0.4, 0.5) is 0 Å². The predicted octanol–water partition coefficient (Wildman–Crippen LogP) is 7.17. The van der Waals surface area contributed by atoms with E-state index in [2.05, 4.69) is 10.1 Å². The van der Waals surface area contributed by atoms with Crippen LogP contribution in [0, 0.1) is 11.3 Å². The SMILES string of the molecule is CCOc1cc(/C=C2\C(=N)N3N=C(C4CCCCC4)SC3=NC2=O)ccc1OCc1ccc(Cl)c(Cl)c1. The van der Waals surface area contributed by atoms with Crippen LogP contribution in [-0.2, 0) is 11.4 Å². The molecule has 0 aromatic heterocycles. The first-order chi connectivity index (χ1) is 17.9. The average Bonchev–Trinajstić information content (AvgIpc) is 3.33. The molecule has 2 heterocycles. The van der Waals surface area contributed by atoms with Crippen molar-refractivity contribution < 1.29 is 14.3 Å². The second-order valence-electron chi connectivity index (χ2n) is 8.97. The van der Waals surface area contributed by atoms with Gasteiger partial charge >= 0.3 is 0 Å². The summed E-state index contributed by atoms with van der Waals surface area (Å²) in [6.45, 7) is 2.61. The Bertz CT molecular complexity index is 1330. The smallest absolute Gasteiger partial charge is 0.283 e. The molecule has 3 aliphatic rings. The van der Waals surface area contributed by atoms with E-state index in [-0.39, 0.29) is 18.0 Å². The van der Waals surface area contributed by atoms with Gasteiger partial charge < -0.3 is 9.47 Å². The largest absolute Gasteiger partial charge is 0.490 e. The topological polar surface area (TPSA) is 87.3 Å². The molecule has 0 bridgehead atoms. The number of thioether (sulfide) groups is 1. The lowest BCUT2D eigenvalue weighted by atomic mass is 9.90. The second kappa shape index (κ2) is 11.3. The number of nitrogens with zero attached hydrogens (tertiary/aromatic N) is 3. The number of hydrogen-bond donors (Lipinski definition) is 1. The van der Waals surface area contributed by atoms with E-state index in [9.17, 15) is 4.79 Å². The molecule has 37 heavy (non-hydrogen) atoms. The maximum atomic E-state index is 12.9. The number of ether oxygens (including phenoxy) is 2. The fourth-order valence-corrected chi connectivity index (χ4v) is 5.86. The van der Waals surface area contributed by atoms with Crippen molar-refractivity contribution in [3.63, 3.8) is 0 Å². The Morgan fingerprint density at radius 1 is 1.08 bits per heavy atom. The highest BCUT2D eigenvalue weighted by molar-refractivity contribution is 8.27. The van der Waals surface area contributed by atoms with E-state index < -0.39 is 5.91 Å². The first kappa shape index (κ1) is 25.8. The number of halogens is 2. The van der Waals surface area contributed by atoms with Crippen molar-refractivity contribution in [2.45, 2.75) is 45.6 Å². The number of hydrazone groups is 1. The number of fused-ring (bicyclic) bond motifs is 1. The minimum atomic E-state index is -0.443. The summed E-state index contributed by atoms with van der Waals surface area (Å²) < 4.78 is 11.8. The van der Waals surface area contributed by atoms with Crippen LogP contribution in [0.2, 0.25) is 10.0 Å². The molecule has 0 radical (unpaired) electrons. The maximum absolute atomic E-state index is 12.9. The van der Waals surface area contributed by atoms with Crippen LogP contribution >= 0.6 is 35.0 Å². The maximum Gasteiger partial charge on any atom is 0.283 e. The zero-order chi connectivity index (χ0) is 25.9. The molecule has 1 saturated carbocycles. The molecule has 7 nitrogen and oxygen atoms in total. The number of benzene rings is 2. The molecule has 0 atom stereocenters. The molecule has 192 valence electrons. The molecule has 2 aliphatic heterocycles. The molecule has 0 saturated heterocycles. The highest BCUT2D eigenvalue weighted by atomic mass is 35.5. The Hall–Kier alpha value is -2.81. The zero-order valence-corrected chi connectivity index (χ0v) is 22.6. The molecule has 2 aromatic rings. The van der Waals surface area contributed by atoms with Crippen LogP contribution in [0.1, 0.15) is 50.2 Å². The molecular formula is C27H26Cl2N4O3S. The summed E-state index contributed by atoms with van der Waals surface area (Å²) in [7, 11) is 0. The predicted molar refractivity (Wildman–Crippen MR) is 150 cm³/mol. The van der Waals surface area contributed by atoms with Crippen molar-refractivity contribution in [3.05, 3.63) is 63.1 Å². The van der Waals surface area contributed by atoms with Gasteiger partial charge in [-0.25, -0.2) is 0 Å². The highest BCUT2D eigenvalue weighted by Gasteiger charge is 2.38. The van der Waals surface area contributed by atoms with Gasteiger partial charge in [0.1, 0.15) is 11.7 Å². The van der Waals surface area contributed by atoms with Gasteiger partial charge in [0.25, 0.3) is 5.91 Å². The molecule has 1 N–H and O–H groups in total. The van der Waals surface area contributed by atoms with Crippen molar-refractivity contribution in [3.8, 4) is 11.5 Å². The summed E-state index contributed by atoms with van der Waals surface area (Å²) in [6, 6.07) is 10.7. The summed E-state index contributed by atoms with van der Waals surface area (Å²) in [5.41, 5.74) is 1.75. The van der Waals surface area contributed by atoms with Crippen LogP contribution in [0.5, 0.6) is 11.5 Å². The molecule has 1 amide bonds. The fraction of sp³-hybridized carbons (Fsp3) is 0.333. The number of amides is 1. The number of amidine groups is 2. The number of rotatable bonds is 7. The van der Waals surface area contributed by atoms with Crippen molar-refractivity contribution >= 4 is 63.0 Å². The van der Waals surface area contributed by atoms with Gasteiger partial charge in [0, 0.05) is 5.92 Å². The van der Waals surface area contributed by atoms with Gasteiger partial charge in [0.05, 0.1) is 22.2 Å². The molecule has 5 rings (SSSR count). The highest BCUT2D eigenvalue weighted by Crippen LogP contribution is 2.37. The Balaban J connectivity index is 1.35. The summed E-state index contributed by atoms with van der Waals surface area (Å²) in [6.07, 6.45) is 7.46. The average molecular weight is 558 g/mol. The van der Waals surface area contributed by atoms with E-state index in [4.69, 9.17) is 38.1 Å². The first-order valence-electron chi connectivity index (χ1n) is 12.3. The van der Waals surface area contributed by atoms with E-state index >= 15 is 0 Å². The minimum Gasteiger partial charge on any atom is -0.490 e. The van der Waals surface area contributed by atoms with Crippen molar-refractivity contribution in [1.82, 2.24) is 5.01 Å². The van der Waals surface area contributed by atoms with Gasteiger partial charge in [0.15, 0.2) is 17.3 Å². The number of aliphatic imine (C=N–C) groups is 1. The summed E-state index contributed by atoms with van der Waals surface area (Å²) >= 11 is 13.5. The molecule has 0 spiro atoms. The third kappa shape index (κ3) is 5.71. The molecule has 2 aromatic carbocycles. The van der Waals surface area contributed by atoms with Gasteiger partial charge in [-0.3, -0.25) is 10.2 Å². The monoisotopic (exact) mass is 556 g/mol. The van der Waals surface area contributed by atoms with Crippen molar-refractivity contribution in [1.29, 1.82) is 5.41 Å². The van der Waals surface area contributed by atoms with E-state index in [0.717, 1.165) is 23.4 Å². The molecule has 10 heteroatoms. The number of hydrogen-bond acceptors (Lipinski definition) is 6. The number of carbonyl (C=O) groups is 1. The zero-order valence-electron chi connectivity index (χ0n) is 20.3. The standard InChI is InChI=1S/C27H26Cl2N4O3S/c1-2-35-23-14-16(9-11-22(23)36-15-17-8-10-20(28)21(29)13-17)12-19-24(30)33-27(31-25(19)34)37-26(32-33)18-6-4-3-5-7-18/h8-14,18,30H,2-7,15H2,1H3/b19-12+,30-24?. The lowest BCUT2D eigenvalue weighted by Gasteiger charge is -2.20. The van der Waals surface area contributed by atoms with Crippen LogP contribution in [-0.4, -0.2) is 33.6 Å². The minimum absolute atomic E-state index is 0.0335. The summed E-state index contributed by atoms with van der Waals surface area (Å²) in [5, 5.41) is 17.2. The normalized spacial score (nSPS) is 19.1. The van der Waals surface area contributed by atoms with E-state index in [1.165, 1.54) is 36.0 Å². The van der Waals surface area contributed by atoms with Gasteiger partial charge in [-0.1, -0.05) is 54.6 Å². The fourth-order valence-electron chi connectivity index (χ4n) is 4.48. The van der Waals surface area contributed by atoms with Gasteiger partial charge in [-0.05, 0) is 73.0 Å². The van der Waals surface area contributed by atoms with Crippen LogP contribution in [0.25, 0.3) is 6.08 Å². The van der Waals surface area contributed by atoms with E-state index in [1.54, 1.807) is 30.3 Å². The first-order valence-corrected chi connectivity index (χ1v) is 13.8. The van der Waals surface area contributed by atoms with Crippen LogP contribution in [0.3, 0.4) is 0 Å². The molecule has 1 aliphatic carbocycles. The Morgan fingerprint density at radius 3 is 2.65 bits per heavy atom. The van der Waals surface area contributed by atoms with Crippen LogP contribution < -0.4 is 9.47 Å². The Labute approximate surface area is 230 Å². The lowest BCUT2D eigenvalue weighted by molar-refractivity contribution is -0.114. The van der Waals surface area contributed by atoms with E-state index in [1.807, 2.05) is 19.1 Å². The van der Waals surface area contributed by atoms with E-state index in [0.29, 0.717) is 44.8 Å². The number of carbonyl (C=O) groups excluding carboxylic acids is 1. The number of nitrogens with one attached hydrogen (secondary N) is 1. The third-order valence-corrected chi connectivity index (χ3v) is 8.19. The second-order valence-corrected chi connectivity index (χ2v) is 10.8. The van der Waals surface area contributed by atoms with Gasteiger partial charge in [0.2, 0.25) is 5.17 Å². The molecule has 0 unspecified atom stereocenters. The molecule has 1 fully saturated rings. The van der Waals surface area contributed by atoms with Gasteiger partial charge in [-0.15, -0.1) is 0 Å². The Morgan fingerprint density at radius 2 is 1.89 bits per heavy atom. The Kier molecular flexibility index (Phi) is 7.88. The third-order valence-electron chi connectivity index (χ3n) is 6.38. The quantitative estimate of drug-likeness (QED) is 0.365. The van der Waals surface area contributed by atoms with Gasteiger partial charge in [-0.2, -0.15) is 15.1 Å². The molecular weight excluding hydrogens is 531 g/mol. The summed E-state index contributed by atoms with van der Waals surface area (Å²) in [5.74, 6) is 1.06. The lowest BCUT2D eigenvalue weighted by Crippen LogP contribution is -2.35. The van der Waals surface area contributed by atoms with Crippen LogP contribution in [0.15, 0.2) is 52.1 Å². The summed E-state index contributed by atoms with van der Waals surface area (Å²) in [4.78, 5) is 17.1.